The Morgan fingerprint density at radius 2 is 1.95 bits per heavy atom. The normalized spacial score (nSPS) is 20.1. The summed E-state index contributed by atoms with van der Waals surface area (Å²) >= 11 is 1.75. The van der Waals surface area contributed by atoms with Crippen LogP contribution in [0.5, 0.6) is 11.8 Å². The van der Waals surface area contributed by atoms with E-state index in [1.807, 2.05) is 31.0 Å². The highest BCUT2D eigenvalue weighted by Gasteiger charge is 2.30. The van der Waals surface area contributed by atoms with Crippen molar-refractivity contribution in [1.82, 2.24) is 39.0 Å². The van der Waals surface area contributed by atoms with Crippen molar-refractivity contribution in [2.75, 3.05) is 32.9 Å². The van der Waals surface area contributed by atoms with Gasteiger partial charge in [-0.15, -0.1) is 5.10 Å². The summed E-state index contributed by atoms with van der Waals surface area (Å²) in [5.74, 6) is 1.43. The number of nitrogens with zero attached hydrogens (tertiary/aromatic N) is 7. The third-order valence-electron chi connectivity index (χ3n) is 7.02. The molecule has 1 aromatic carbocycles. The quantitative estimate of drug-likeness (QED) is 0.411. The average molecular weight is 521 g/mol. The van der Waals surface area contributed by atoms with Gasteiger partial charge in [-0.3, -0.25) is 14.7 Å². The van der Waals surface area contributed by atoms with E-state index in [1.54, 1.807) is 16.6 Å². The van der Waals surface area contributed by atoms with E-state index in [1.165, 1.54) is 0 Å². The Labute approximate surface area is 220 Å². The van der Waals surface area contributed by atoms with Crippen molar-refractivity contribution in [2.45, 2.75) is 25.7 Å². The van der Waals surface area contributed by atoms with Crippen LogP contribution in [-0.2, 0) is 20.6 Å². The van der Waals surface area contributed by atoms with Crippen LogP contribution in [0, 0.1) is 0 Å². The second-order valence-electron chi connectivity index (χ2n) is 9.87. The largest absolute Gasteiger partial charge is 0.473 e. The van der Waals surface area contributed by atoms with Gasteiger partial charge >= 0.3 is 0 Å². The Hall–Kier alpha value is -3.28. The molecule has 0 saturated carbocycles. The number of aryl methyl sites for hydroxylation is 2. The van der Waals surface area contributed by atoms with Gasteiger partial charge in [-0.25, -0.2) is 8.99 Å². The summed E-state index contributed by atoms with van der Waals surface area (Å²) in [6, 6.07) is 6.24. The zero-order valence-corrected chi connectivity index (χ0v) is 22.6. The van der Waals surface area contributed by atoms with Crippen LogP contribution < -0.4 is 9.47 Å². The van der Waals surface area contributed by atoms with Gasteiger partial charge in [-0.2, -0.15) is 10.2 Å². The SMILES string of the molecule is CSN1CC(Oc2nn(C)c3c2/C=C/c2[nH]nc4ccc(cc24)-c2cnn(C)c2OC(C)CN(C)C3)C1. The van der Waals surface area contributed by atoms with Crippen molar-refractivity contribution in [2.24, 2.45) is 14.1 Å². The molecule has 3 aromatic heterocycles. The molecule has 4 aromatic rings. The van der Waals surface area contributed by atoms with Crippen molar-refractivity contribution >= 4 is 35.0 Å². The minimum Gasteiger partial charge on any atom is -0.473 e. The molecule has 37 heavy (non-hydrogen) atoms. The van der Waals surface area contributed by atoms with Crippen LogP contribution in [0.15, 0.2) is 24.4 Å². The zero-order chi connectivity index (χ0) is 25.7. The molecule has 1 fully saturated rings. The molecule has 1 unspecified atom stereocenters. The van der Waals surface area contributed by atoms with Crippen molar-refractivity contribution in [1.29, 1.82) is 0 Å². The monoisotopic (exact) mass is 520 g/mol. The standard InChI is InChI=1S/C26H32N8O2S/c1-16-12-31(2)15-24-19(25(30-32(24)3)36-18-13-34(14-18)37-5)7-9-23-20-10-17(6-8-22(20)28-29-23)21-11-27-33(4)26(21)35-16/h6-11,16,18H,12-15H2,1-5H3,(H,28,29)/b9-7+. The first-order valence-corrected chi connectivity index (χ1v) is 13.6. The maximum atomic E-state index is 6.45. The summed E-state index contributed by atoms with van der Waals surface area (Å²) in [5, 5.41) is 18.0. The van der Waals surface area contributed by atoms with Crippen molar-refractivity contribution in [3.05, 3.63) is 41.3 Å². The van der Waals surface area contributed by atoms with Gasteiger partial charge in [-0.1, -0.05) is 18.0 Å². The lowest BCUT2D eigenvalue weighted by Crippen LogP contribution is -2.49. The number of hydrogen-bond acceptors (Lipinski definition) is 8. The molecule has 194 valence electrons. The van der Waals surface area contributed by atoms with E-state index in [2.05, 4.69) is 69.0 Å². The molecule has 2 aliphatic heterocycles. The molecule has 0 amide bonds. The molecule has 10 nitrogen and oxygen atoms in total. The molecular formula is C26H32N8O2S. The van der Waals surface area contributed by atoms with E-state index in [-0.39, 0.29) is 12.2 Å². The predicted octanol–water partition coefficient (Wildman–Crippen LogP) is 3.42. The summed E-state index contributed by atoms with van der Waals surface area (Å²) in [6.45, 7) is 5.33. The van der Waals surface area contributed by atoms with E-state index in [0.717, 1.165) is 64.5 Å². The molecule has 2 aliphatic rings. The molecule has 2 bridgehead atoms. The van der Waals surface area contributed by atoms with E-state index in [0.29, 0.717) is 12.4 Å². The fraction of sp³-hybridized carbons (Fsp3) is 0.423. The van der Waals surface area contributed by atoms with Crippen LogP contribution in [0.3, 0.4) is 0 Å². The molecule has 11 heteroatoms. The van der Waals surface area contributed by atoms with Crippen LogP contribution in [0.25, 0.3) is 34.2 Å². The first kappa shape index (κ1) is 24.1. The number of fused-ring (bicyclic) bond motifs is 4. The highest BCUT2D eigenvalue weighted by molar-refractivity contribution is 7.96. The third-order valence-corrected chi connectivity index (χ3v) is 7.84. The number of aromatic amines is 1. The molecule has 0 spiro atoms. The minimum absolute atomic E-state index is 0.0482. The van der Waals surface area contributed by atoms with Crippen LogP contribution in [0.1, 0.15) is 23.9 Å². The number of rotatable bonds is 3. The summed E-state index contributed by atoms with van der Waals surface area (Å²) < 4.78 is 18.8. The van der Waals surface area contributed by atoms with Gasteiger partial charge in [0.2, 0.25) is 11.8 Å². The third kappa shape index (κ3) is 4.51. The second kappa shape index (κ2) is 9.55. The molecule has 1 N–H and O–H groups in total. The number of likely N-dealkylation sites (N-methyl/N-ethyl adjacent to an activating group) is 1. The number of H-pyrrole nitrogens is 1. The zero-order valence-electron chi connectivity index (χ0n) is 21.8. The topological polar surface area (TPSA) is 89.3 Å². The lowest BCUT2D eigenvalue weighted by Gasteiger charge is -2.36. The molecule has 1 saturated heterocycles. The van der Waals surface area contributed by atoms with Gasteiger partial charge in [0.15, 0.2) is 0 Å². The number of benzene rings is 1. The molecule has 5 heterocycles. The van der Waals surface area contributed by atoms with Gasteiger partial charge in [0.25, 0.3) is 0 Å². The maximum Gasteiger partial charge on any atom is 0.240 e. The summed E-state index contributed by atoms with van der Waals surface area (Å²) in [4.78, 5) is 2.26. The Morgan fingerprint density at radius 1 is 1.11 bits per heavy atom. The number of ether oxygens (including phenoxy) is 2. The number of hydrogen-bond donors (Lipinski definition) is 1. The van der Waals surface area contributed by atoms with Crippen molar-refractivity contribution in [3.8, 4) is 22.9 Å². The van der Waals surface area contributed by atoms with Gasteiger partial charge in [-0.05, 0) is 50.1 Å². The van der Waals surface area contributed by atoms with E-state index in [4.69, 9.17) is 14.6 Å². The minimum atomic E-state index is -0.0482. The summed E-state index contributed by atoms with van der Waals surface area (Å²) in [7, 11) is 6.00. The fourth-order valence-electron chi connectivity index (χ4n) is 5.01. The number of aromatic nitrogens is 6. The lowest BCUT2D eigenvalue weighted by atomic mass is 10.1. The van der Waals surface area contributed by atoms with Crippen LogP contribution in [0.4, 0.5) is 0 Å². The number of nitrogens with one attached hydrogen (secondary N) is 1. The van der Waals surface area contributed by atoms with Crippen LogP contribution in [-0.4, -0.2) is 84.1 Å². The summed E-state index contributed by atoms with van der Waals surface area (Å²) in [6.07, 6.45) is 8.23. The molecule has 0 radical (unpaired) electrons. The van der Waals surface area contributed by atoms with Gasteiger partial charge < -0.3 is 9.47 Å². The lowest BCUT2D eigenvalue weighted by molar-refractivity contribution is 0.0788. The Balaban J connectivity index is 1.44. The second-order valence-corrected chi connectivity index (χ2v) is 10.8. The highest BCUT2D eigenvalue weighted by atomic mass is 32.2. The first-order valence-electron chi connectivity index (χ1n) is 12.4. The first-order chi connectivity index (χ1) is 17.9. The van der Waals surface area contributed by atoms with E-state index in [9.17, 15) is 0 Å². The summed E-state index contributed by atoms with van der Waals surface area (Å²) in [5.41, 5.74) is 5.91. The van der Waals surface area contributed by atoms with Gasteiger partial charge in [0.05, 0.1) is 34.2 Å². The smallest absolute Gasteiger partial charge is 0.240 e. The van der Waals surface area contributed by atoms with Gasteiger partial charge in [0.1, 0.15) is 12.2 Å². The molecular weight excluding hydrogens is 488 g/mol. The molecule has 6 rings (SSSR count). The predicted molar refractivity (Wildman–Crippen MR) is 146 cm³/mol. The van der Waals surface area contributed by atoms with Gasteiger partial charge in [0, 0.05) is 45.7 Å². The highest BCUT2D eigenvalue weighted by Crippen LogP contribution is 2.34. The van der Waals surface area contributed by atoms with E-state index >= 15 is 0 Å². The molecule has 1 atom stereocenters. The Kier molecular flexibility index (Phi) is 6.21. The van der Waals surface area contributed by atoms with E-state index < -0.39 is 0 Å². The molecule has 0 aliphatic carbocycles. The van der Waals surface area contributed by atoms with Crippen LogP contribution >= 0.6 is 11.9 Å². The maximum absolute atomic E-state index is 6.45. The van der Waals surface area contributed by atoms with Crippen molar-refractivity contribution < 1.29 is 9.47 Å². The van der Waals surface area contributed by atoms with Crippen molar-refractivity contribution in [3.63, 3.8) is 0 Å². The Morgan fingerprint density at radius 3 is 2.76 bits per heavy atom. The van der Waals surface area contributed by atoms with Crippen LogP contribution in [0.2, 0.25) is 0 Å². The average Bonchev–Trinajstić information content (AvgIpc) is 3.50. The Bertz CT molecular complexity index is 1460. The fourth-order valence-corrected chi connectivity index (χ4v) is 5.65.